The Balaban J connectivity index is 1.43. The molecule has 2 saturated heterocycles. The third-order valence-corrected chi connectivity index (χ3v) is 5.33. The maximum Gasteiger partial charge on any atom is 0.319 e. The zero-order valence-corrected chi connectivity index (χ0v) is 15.9. The van der Waals surface area contributed by atoms with Crippen LogP contribution in [0.2, 0.25) is 0 Å². The molecular weight excluding hydrogens is 328 g/mol. The van der Waals surface area contributed by atoms with Gasteiger partial charge in [0.1, 0.15) is 0 Å². The molecule has 144 valence electrons. The molecule has 0 spiro atoms. The Morgan fingerprint density at radius 2 is 2.08 bits per heavy atom. The molecule has 0 radical (unpaired) electrons. The van der Waals surface area contributed by atoms with Crippen LogP contribution in [-0.4, -0.2) is 67.8 Å². The van der Waals surface area contributed by atoms with E-state index >= 15 is 0 Å². The lowest BCUT2D eigenvalue weighted by atomic mass is 10.0. The highest BCUT2D eigenvalue weighted by Gasteiger charge is 2.18. The summed E-state index contributed by atoms with van der Waals surface area (Å²) in [6.07, 6.45) is 3.90. The van der Waals surface area contributed by atoms with Crippen LogP contribution in [0.25, 0.3) is 0 Å². The molecule has 6 heteroatoms. The van der Waals surface area contributed by atoms with Crippen molar-refractivity contribution in [1.82, 2.24) is 15.1 Å². The van der Waals surface area contributed by atoms with Crippen LogP contribution in [0, 0.1) is 0 Å². The highest BCUT2D eigenvalue weighted by molar-refractivity contribution is 5.89. The fourth-order valence-electron chi connectivity index (χ4n) is 3.70. The number of rotatable bonds is 6. The first kappa shape index (κ1) is 19.1. The van der Waals surface area contributed by atoms with Crippen molar-refractivity contribution in [3.05, 3.63) is 29.8 Å². The number of hydrogen-bond donors (Lipinski definition) is 2. The van der Waals surface area contributed by atoms with Crippen molar-refractivity contribution in [2.24, 2.45) is 0 Å². The van der Waals surface area contributed by atoms with E-state index < -0.39 is 0 Å². The van der Waals surface area contributed by atoms with Crippen molar-refractivity contribution in [2.75, 3.05) is 51.3 Å². The third kappa shape index (κ3) is 5.97. The van der Waals surface area contributed by atoms with E-state index in [0.29, 0.717) is 12.6 Å². The third-order valence-electron chi connectivity index (χ3n) is 5.33. The molecule has 0 aromatic heterocycles. The largest absolute Gasteiger partial charge is 0.379 e. The van der Waals surface area contributed by atoms with E-state index in [4.69, 9.17) is 4.74 Å². The molecule has 1 atom stereocenters. The van der Waals surface area contributed by atoms with E-state index in [1.165, 1.54) is 31.4 Å². The van der Waals surface area contributed by atoms with Gasteiger partial charge in [-0.05, 0) is 44.0 Å². The number of carbonyl (C=O) groups is 1. The zero-order chi connectivity index (χ0) is 18.2. The van der Waals surface area contributed by atoms with Crippen LogP contribution >= 0.6 is 0 Å². The molecule has 1 aromatic rings. The molecule has 1 aromatic carbocycles. The van der Waals surface area contributed by atoms with Crippen molar-refractivity contribution < 1.29 is 9.53 Å². The first-order valence-corrected chi connectivity index (χ1v) is 9.88. The van der Waals surface area contributed by atoms with E-state index in [0.717, 1.165) is 45.1 Å². The number of ether oxygens (including phenoxy) is 1. The minimum atomic E-state index is -0.137. The second-order valence-electron chi connectivity index (χ2n) is 7.35. The SMILES string of the molecule is C[C@H]1CCCCN1Cc1cccc(NC(=O)NCCN2CCOCC2)c1. The number of benzene rings is 1. The summed E-state index contributed by atoms with van der Waals surface area (Å²) in [5.41, 5.74) is 2.11. The van der Waals surface area contributed by atoms with Gasteiger partial charge in [-0.15, -0.1) is 0 Å². The standard InChI is InChI=1S/C20H32N4O2/c1-17-5-2-3-9-24(17)16-18-6-4-7-19(15-18)22-20(25)21-8-10-23-11-13-26-14-12-23/h4,6-7,15,17H,2-3,5,8-14,16H2,1H3,(H2,21,22,25)/t17-/m0/s1. The summed E-state index contributed by atoms with van der Waals surface area (Å²) in [4.78, 5) is 17.0. The van der Waals surface area contributed by atoms with Crippen molar-refractivity contribution in [3.8, 4) is 0 Å². The maximum atomic E-state index is 12.1. The van der Waals surface area contributed by atoms with Gasteiger partial charge in [0.2, 0.25) is 0 Å². The molecule has 0 saturated carbocycles. The van der Waals surface area contributed by atoms with Crippen LogP contribution in [0.15, 0.2) is 24.3 Å². The van der Waals surface area contributed by atoms with Gasteiger partial charge in [-0.25, -0.2) is 4.79 Å². The van der Waals surface area contributed by atoms with Crippen LogP contribution in [0.5, 0.6) is 0 Å². The summed E-state index contributed by atoms with van der Waals surface area (Å²) in [6.45, 7) is 9.41. The van der Waals surface area contributed by atoms with Crippen molar-refractivity contribution in [3.63, 3.8) is 0 Å². The summed E-state index contributed by atoms with van der Waals surface area (Å²) in [7, 11) is 0. The number of amides is 2. The summed E-state index contributed by atoms with van der Waals surface area (Å²) in [5, 5.41) is 5.90. The Morgan fingerprint density at radius 1 is 1.23 bits per heavy atom. The Morgan fingerprint density at radius 3 is 2.88 bits per heavy atom. The smallest absolute Gasteiger partial charge is 0.319 e. The van der Waals surface area contributed by atoms with Gasteiger partial charge in [-0.2, -0.15) is 0 Å². The lowest BCUT2D eigenvalue weighted by Crippen LogP contribution is -2.42. The van der Waals surface area contributed by atoms with Gasteiger partial charge in [-0.1, -0.05) is 18.6 Å². The maximum absolute atomic E-state index is 12.1. The van der Waals surface area contributed by atoms with Gasteiger partial charge in [0, 0.05) is 44.5 Å². The van der Waals surface area contributed by atoms with E-state index in [1.54, 1.807) is 0 Å². The number of anilines is 1. The summed E-state index contributed by atoms with van der Waals surface area (Å²) in [5.74, 6) is 0. The molecule has 3 rings (SSSR count). The second-order valence-corrected chi connectivity index (χ2v) is 7.35. The average Bonchev–Trinajstić information content (AvgIpc) is 2.65. The first-order valence-electron chi connectivity index (χ1n) is 9.88. The zero-order valence-electron chi connectivity index (χ0n) is 15.9. The fourth-order valence-corrected chi connectivity index (χ4v) is 3.70. The fraction of sp³-hybridized carbons (Fsp3) is 0.650. The molecular formula is C20H32N4O2. The van der Waals surface area contributed by atoms with E-state index in [-0.39, 0.29) is 6.03 Å². The number of hydrogen-bond acceptors (Lipinski definition) is 4. The Bertz CT molecular complexity index is 575. The van der Waals surface area contributed by atoms with Gasteiger partial charge < -0.3 is 15.4 Å². The summed E-state index contributed by atoms with van der Waals surface area (Å²) >= 11 is 0. The predicted molar refractivity (Wildman–Crippen MR) is 104 cm³/mol. The molecule has 2 amide bonds. The van der Waals surface area contributed by atoms with Crippen LogP contribution in [0.3, 0.4) is 0 Å². The van der Waals surface area contributed by atoms with E-state index in [2.05, 4.69) is 39.5 Å². The summed E-state index contributed by atoms with van der Waals surface area (Å²) in [6, 6.07) is 8.70. The molecule has 2 aliphatic heterocycles. The topological polar surface area (TPSA) is 56.8 Å². The Kier molecular flexibility index (Phi) is 7.29. The van der Waals surface area contributed by atoms with Gasteiger partial charge in [0.15, 0.2) is 0 Å². The minimum absolute atomic E-state index is 0.137. The van der Waals surface area contributed by atoms with E-state index in [1.807, 2.05) is 12.1 Å². The molecule has 2 N–H and O–H groups in total. The predicted octanol–water partition coefficient (Wildman–Crippen LogP) is 2.51. The van der Waals surface area contributed by atoms with E-state index in [9.17, 15) is 4.79 Å². The number of carbonyl (C=O) groups excluding carboxylic acids is 1. The monoisotopic (exact) mass is 360 g/mol. The number of piperidine rings is 1. The van der Waals surface area contributed by atoms with Crippen molar-refractivity contribution >= 4 is 11.7 Å². The first-order chi connectivity index (χ1) is 12.7. The van der Waals surface area contributed by atoms with Crippen molar-refractivity contribution in [2.45, 2.75) is 38.8 Å². The number of morpholine rings is 1. The van der Waals surface area contributed by atoms with Crippen LogP contribution < -0.4 is 10.6 Å². The molecule has 6 nitrogen and oxygen atoms in total. The lowest BCUT2D eigenvalue weighted by molar-refractivity contribution is 0.0388. The van der Waals surface area contributed by atoms with Gasteiger partial charge in [0.05, 0.1) is 13.2 Å². The lowest BCUT2D eigenvalue weighted by Gasteiger charge is -2.33. The number of likely N-dealkylation sites (tertiary alicyclic amines) is 1. The van der Waals surface area contributed by atoms with Crippen LogP contribution in [0.4, 0.5) is 10.5 Å². The average molecular weight is 361 g/mol. The van der Waals surface area contributed by atoms with Crippen LogP contribution in [0.1, 0.15) is 31.7 Å². The number of nitrogens with zero attached hydrogens (tertiary/aromatic N) is 2. The molecule has 26 heavy (non-hydrogen) atoms. The highest BCUT2D eigenvalue weighted by Crippen LogP contribution is 2.20. The Hall–Kier alpha value is -1.63. The van der Waals surface area contributed by atoms with Gasteiger partial charge in [-0.3, -0.25) is 9.80 Å². The van der Waals surface area contributed by atoms with Crippen molar-refractivity contribution in [1.29, 1.82) is 0 Å². The molecule has 2 aliphatic rings. The second kappa shape index (κ2) is 9.90. The van der Waals surface area contributed by atoms with Crippen LogP contribution in [-0.2, 0) is 11.3 Å². The molecule has 2 heterocycles. The highest BCUT2D eigenvalue weighted by atomic mass is 16.5. The van der Waals surface area contributed by atoms with Gasteiger partial charge >= 0.3 is 6.03 Å². The normalized spacial score (nSPS) is 22.1. The van der Waals surface area contributed by atoms with Gasteiger partial charge in [0.25, 0.3) is 0 Å². The minimum Gasteiger partial charge on any atom is -0.379 e. The molecule has 0 unspecified atom stereocenters. The number of nitrogens with one attached hydrogen (secondary N) is 2. The molecule has 2 fully saturated rings. The number of urea groups is 1. The summed E-state index contributed by atoms with van der Waals surface area (Å²) < 4.78 is 5.33. The molecule has 0 aliphatic carbocycles. The molecule has 0 bridgehead atoms. The quantitative estimate of drug-likeness (QED) is 0.818. The Labute approximate surface area is 156 Å².